The number of rotatable bonds is 2. The number of halogens is 1. The molecule has 4 heteroatoms. The Hall–Kier alpha value is -0.640. The van der Waals surface area contributed by atoms with E-state index < -0.39 is 5.91 Å². The van der Waals surface area contributed by atoms with Gasteiger partial charge in [-0.3, -0.25) is 9.59 Å². The molecule has 0 aliphatic rings. The van der Waals surface area contributed by atoms with Gasteiger partial charge in [-0.25, -0.2) is 0 Å². The van der Waals surface area contributed by atoms with Crippen molar-refractivity contribution in [1.29, 1.82) is 0 Å². The quantitative estimate of drug-likeness (QED) is 0.475. The van der Waals surface area contributed by atoms with Crippen LogP contribution in [0, 0.1) is 0 Å². The van der Waals surface area contributed by atoms with Crippen molar-refractivity contribution in [3.63, 3.8) is 0 Å². The Labute approximate surface area is 54.7 Å². The standard InChI is InChI=1S/C4H4BrNO2/c5-3(1-2-7)4(6)8/h1-2H,(H2,6,8)/b3-1+. The summed E-state index contributed by atoms with van der Waals surface area (Å²) >= 11 is 2.76. The van der Waals surface area contributed by atoms with Gasteiger partial charge in [-0.2, -0.15) is 0 Å². The Bertz CT molecular complexity index is 141. The summed E-state index contributed by atoms with van der Waals surface area (Å²) in [5.41, 5.74) is 4.71. The highest BCUT2D eigenvalue weighted by Gasteiger charge is 1.95. The van der Waals surface area contributed by atoms with Crippen LogP contribution in [0.3, 0.4) is 0 Å². The first-order chi connectivity index (χ1) is 3.68. The SMILES string of the molecule is NC(=O)/C(Br)=C\C=O. The molecule has 0 heterocycles. The van der Waals surface area contributed by atoms with Crippen molar-refractivity contribution in [3.8, 4) is 0 Å². The van der Waals surface area contributed by atoms with Crippen molar-refractivity contribution in [2.45, 2.75) is 0 Å². The number of hydrogen-bond donors (Lipinski definition) is 1. The number of allylic oxidation sites excluding steroid dienone is 1. The molecule has 0 saturated carbocycles. The second-order valence-electron chi connectivity index (χ2n) is 1.01. The topological polar surface area (TPSA) is 60.2 Å². The van der Waals surface area contributed by atoms with Crippen LogP contribution in [0.15, 0.2) is 10.6 Å². The second-order valence-corrected chi connectivity index (χ2v) is 1.87. The highest BCUT2D eigenvalue weighted by molar-refractivity contribution is 9.12. The monoisotopic (exact) mass is 177 g/mol. The van der Waals surface area contributed by atoms with Gasteiger partial charge in [-0.05, 0) is 22.0 Å². The summed E-state index contributed by atoms with van der Waals surface area (Å²) in [6.07, 6.45) is 1.52. The maximum absolute atomic E-state index is 10.0. The predicted octanol–water partition coefficient (Wildman–Crippen LogP) is -0.0506. The van der Waals surface area contributed by atoms with Crippen LogP contribution in [-0.4, -0.2) is 12.2 Å². The number of aldehydes is 1. The Morgan fingerprint density at radius 3 is 2.25 bits per heavy atom. The van der Waals surface area contributed by atoms with Gasteiger partial charge in [0.15, 0.2) is 0 Å². The summed E-state index contributed by atoms with van der Waals surface area (Å²) in [5.74, 6) is -0.642. The van der Waals surface area contributed by atoms with E-state index in [1.165, 1.54) is 0 Å². The first-order valence-electron chi connectivity index (χ1n) is 1.79. The van der Waals surface area contributed by atoms with Crippen molar-refractivity contribution in [3.05, 3.63) is 10.6 Å². The molecule has 0 saturated heterocycles. The normalized spacial score (nSPS) is 10.9. The molecule has 2 N–H and O–H groups in total. The van der Waals surface area contributed by atoms with Crippen LogP contribution in [0.5, 0.6) is 0 Å². The van der Waals surface area contributed by atoms with E-state index in [0.717, 1.165) is 6.08 Å². The largest absolute Gasteiger partial charge is 0.365 e. The Balaban J connectivity index is 3.99. The summed E-state index contributed by atoms with van der Waals surface area (Å²) in [6, 6.07) is 0. The third kappa shape index (κ3) is 2.52. The molecule has 0 unspecified atom stereocenters. The highest BCUT2D eigenvalue weighted by atomic mass is 79.9. The maximum Gasteiger partial charge on any atom is 0.255 e. The van der Waals surface area contributed by atoms with Crippen molar-refractivity contribution in [2.75, 3.05) is 0 Å². The number of carbonyl (C=O) groups is 2. The summed E-state index contributed by atoms with van der Waals surface area (Å²) in [6.45, 7) is 0. The summed E-state index contributed by atoms with van der Waals surface area (Å²) in [7, 11) is 0. The zero-order valence-corrected chi connectivity index (χ0v) is 5.51. The molecular formula is C4H4BrNO2. The molecule has 0 atom stereocenters. The fraction of sp³-hybridized carbons (Fsp3) is 0. The molecule has 0 fully saturated rings. The number of nitrogens with two attached hydrogens (primary N) is 1. The van der Waals surface area contributed by atoms with Gasteiger partial charge >= 0.3 is 0 Å². The van der Waals surface area contributed by atoms with Crippen LogP contribution in [-0.2, 0) is 9.59 Å². The van der Waals surface area contributed by atoms with Gasteiger partial charge in [-0.15, -0.1) is 0 Å². The van der Waals surface area contributed by atoms with Crippen molar-refractivity contribution in [1.82, 2.24) is 0 Å². The smallest absolute Gasteiger partial charge is 0.255 e. The lowest BCUT2D eigenvalue weighted by Gasteiger charge is -1.82. The minimum atomic E-state index is -0.642. The van der Waals surface area contributed by atoms with Gasteiger partial charge < -0.3 is 5.73 Å². The molecule has 0 aromatic carbocycles. The fourth-order valence-electron chi connectivity index (χ4n) is 0.142. The average Bonchev–Trinajstić information content (AvgIpc) is 1.67. The lowest BCUT2D eigenvalue weighted by Crippen LogP contribution is -2.09. The van der Waals surface area contributed by atoms with Gasteiger partial charge in [0.2, 0.25) is 0 Å². The predicted molar refractivity (Wildman–Crippen MR) is 32.3 cm³/mol. The van der Waals surface area contributed by atoms with E-state index in [9.17, 15) is 9.59 Å². The molecule has 1 amide bonds. The van der Waals surface area contributed by atoms with Crippen LogP contribution >= 0.6 is 15.9 Å². The molecule has 0 aromatic heterocycles. The number of hydrogen-bond acceptors (Lipinski definition) is 2. The summed E-state index contributed by atoms with van der Waals surface area (Å²) in [5, 5.41) is 0. The van der Waals surface area contributed by atoms with Gasteiger partial charge in [0.25, 0.3) is 5.91 Å². The molecule has 0 spiro atoms. The highest BCUT2D eigenvalue weighted by Crippen LogP contribution is 1.99. The van der Waals surface area contributed by atoms with Crippen molar-refractivity contribution < 1.29 is 9.59 Å². The summed E-state index contributed by atoms with van der Waals surface area (Å²) < 4.78 is 0.0903. The summed E-state index contributed by atoms with van der Waals surface area (Å²) in [4.78, 5) is 19.6. The second kappa shape index (κ2) is 3.37. The first-order valence-corrected chi connectivity index (χ1v) is 2.58. The van der Waals surface area contributed by atoms with Gasteiger partial charge in [-0.1, -0.05) is 0 Å². The molecule has 3 nitrogen and oxygen atoms in total. The zero-order valence-electron chi connectivity index (χ0n) is 3.93. The van der Waals surface area contributed by atoms with E-state index in [4.69, 9.17) is 5.73 Å². The van der Waals surface area contributed by atoms with Crippen LogP contribution in [0.25, 0.3) is 0 Å². The molecule has 0 aliphatic carbocycles. The molecule has 0 aliphatic heterocycles. The van der Waals surface area contributed by atoms with E-state index in [1.807, 2.05) is 0 Å². The number of primary amides is 1. The Morgan fingerprint density at radius 1 is 1.62 bits per heavy atom. The average molecular weight is 178 g/mol. The van der Waals surface area contributed by atoms with Crippen molar-refractivity contribution >= 4 is 28.1 Å². The Morgan fingerprint density at radius 2 is 2.12 bits per heavy atom. The van der Waals surface area contributed by atoms with E-state index in [2.05, 4.69) is 15.9 Å². The Kier molecular flexibility index (Phi) is 3.10. The molecule has 44 valence electrons. The maximum atomic E-state index is 10.0. The minimum Gasteiger partial charge on any atom is -0.365 e. The fourth-order valence-corrected chi connectivity index (χ4v) is 0.250. The molecule has 8 heavy (non-hydrogen) atoms. The van der Waals surface area contributed by atoms with E-state index in [-0.39, 0.29) is 4.48 Å². The van der Waals surface area contributed by atoms with Crippen LogP contribution in [0.1, 0.15) is 0 Å². The molecule has 0 aromatic rings. The van der Waals surface area contributed by atoms with E-state index in [0.29, 0.717) is 6.29 Å². The molecule has 0 bridgehead atoms. The lowest BCUT2D eigenvalue weighted by atomic mass is 10.5. The third-order valence-corrected chi connectivity index (χ3v) is 1.10. The lowest BCUT2D eigenvalue weighted by molar-refractivity contribution is -0.114. The van der Waals surface area contributed by atoms with E-state index >= 15 is 0 Å². The molecule has 0 rings (SSSR count). The van der Waals surface area contributed by atoms with Crippen molar-refractivity contribution in [2.24, 2.45) is 5.73 Å². The number of carbonyl (C=O) groups excluding carboxylic acids is 2. The minimum absolute atomic E-state index is 0.0903. The van der Waals surface area contributed by atoms with Gasteiger partial charge in [0.05, 0.1) is 4.48 Å². The third-order valence-electron chi connectivity index (χ3n) is 0.450. The van der Waals surface area contributed by atoms with Crippen LogP contribution < -0.4 is 5.73 Å². The van der Waals surface area contributed by atoms with E-state index in [1.54, 1.807) is 0 Å². The van der Waals surface area contributed by atoms with Gasteiger partial charge in [0, 0.05) is 0 Å². The zero-order chi connectivity index (χ0) is 6.57. The molecular weight excluding hydrogens is 174 g/mol. The number of amides is 1. The molecule has 0 radical (unpaired) electrons. The van der Waals surface area contributed by atoms with Crippen LogP contribution in [0.2, 0.25) is 0 Å². The van der Waals surface area contributed by atoms with Crippen LogP contribution in [0.4, 0.5) is 0 Å². The van der Waals surface area contributed by atoms with Gasteiger partial charge in [0.1, 0.15) is 6.29 Å². The first kappa shape index (κ1) is 7.36.